The molecule has 7 heteroatoms. The number of amides is 1. The Labute approximate surface area is 99.0 Å². The van der Waals surface area contributed by atoms with Crippen molar-refractivity contribution in [2.45, 2.75) is 19.8 Å². The second-order valence-electron chi connectivity index (χ2n) is 3.56. The van der Waals surface area contributed by atoms with E-state index in [1.165, 1.54) is 4.90 Å². The second-order valence-corrected chi connectivity index (χ2v) is 3.56. The highest BCUT2D eigenvalue weighted by Gasteiger charge is 2.14. The molecule has 0 saturated heterocycles. The molecule has 1 aromatic rings. The summed E-state index contributed by atoms with van der Waals surface area (Å²) in [6.45, 7) is 1.92. The molecular weight excluding hydrogens is 226 g/mol. The van der Waals surface area contributed by atoms with Crippen molar-refractivity contribution < 1.29 is 19.5 Å². The third-order valence-corrected chi connectivity index (χ3v) is 2.21. The second kappa shape index (κ2) is 6.97. The number of carbonyl (C=O) groups is 1. The average Bonchev–Trinajstić information content (AvgIpc) is 2.72. The zero-order valence-corrected chi connectivity index (χ0v) is 9.80. The summed E-state index contributed by atoms with van der Waals surface area (Å²) in [6.07, 6.45) is 0.592. The molecule has 2 N–H and O–H groups in total. The Morgan fingerprint density at radius 1 is 1.35 bits per heavy atom. The fraction of sp³-hybridized carbons (Fsp3) is 0.700. The number of rotatable bonds is 7. The van der Waals surface area contributed by atoms with Gasteiger partial charge in [-0.1, -0.05) is 5.16 Å². The molecule has 96 valence electrons. The lowest BCUT2D eigenvalue weighted by molar-refractivity contribution is -0.132. The SMILES string of the molecule is Cc1noc(CCC(=O)N(CCO)CCO)n1. The molecular formula is C10H17N3O4. The fourth-order valence-electron chi connectivity index (χ4n) is 1.42. The maximum absolute atomic E-state index is 11.7. The van der Waals surface area contributed by atoms with E-state index in [1.54, 1.807) is 6.92 Å². The van der Waals surface area contributed by atoms with E-state index in [2.05, 4.69) is 10.1 Å². The zero-order chi connectivity index (χ0) is 12.7. The van der Waals surface area contributed by atoms with E-state index in [-0.39, 0.29) is 38.6 Å². The minimum absolute atomic E-state index is 0.120. The first-order valence-corrected chi connectivity index (χ1v) is 5.46. The predicted octanol–water partition coefficient (Wildman–Crippen LogP) is -0.876. The minimum atomic E-state index is -0.149. The summed E-state index contributed by atoms with van der Waals surface area (Å²) in [7, 11) is 0. The number of aliphatic hydroxyl groups excluding tert-OH is 2. The lowest BCUT2D eigenvalue weighted by atomic mass is 10.2. The molecule has 7 nitrogen and oxygen atoms in total. The van der Waals surface area contributed by atoms with E-state index in [9.17, 15) is 4.79 Å². The number of aromatic nitrogens is 2. The summed E-state index contributed by atoms with van der Waals surface area (Å²) >= 11 is 0. The van der Waals surface area contributed by atoms with Crippen LogP contribution in [0, 0.1) is 6.92 Å². The van der Waals surface area contributed by atoms with Crippen LogP contribution < -0.4 is 0 Å². The van der Waals surface area contributed by atoms with Crippen LogP contribution in [0.4, 0.5) is 0 Å². The van der Waals surface area contributed by atoms with Crippen LogP contribution in [0.3, 0.4) is 0 Å². The molecule has 0 aliphatic rings. The number of hydrogen-bond acceptors (Lipinski definition) is 6. The Morgan fingerprint density at radius 3 is 2.47 bits per heavy atom. The zero-order valence-electron chi connectivity index (χ0n) is 9.80. The van der Waals surface area contributed by atoms with Crippen LogP contribution in [-0.4, -0.2) is 57.5 Å². The fourth-order valence-corrected chi connectivity index (χ4v) is 1.42. The highest BCUT2D eigenvalue weighted by Crippen LogP contribution is 2.03. The molecule has 0 bridgehead atoms. The Balaban J connectivity index is 2.41. The van der Waals surface area contributed by atoms with Gasteiger partial charge in [0.05, 0.1) is 13.2 Å². The smallest absolute Gasteiger partial charge is 0.227 e. The molecule has 0 aromatic carbocycles. The van der Waals surface area contributed by atoms with Gasteiger partial charge in [0.2, 0.25) is 11.8 Å². The standard InChI is InChI=1S/C10H17N3O4/c1-8-11-9(17-12-8)2-3-10(16)13(4-6-14)5-7-15/h14-15H,2-7H2,1H3. The first-order chi connectivity index (χ1) is 8.17. The molecule has 1 amide bonds. The Morgan fingerprint density at radius 2 is 2.00 bits per heavy atom. The highest BCUT2D eigenvalue weighted by molar-refractivity contribution is 5.76. The van der Waals surface area contributed by atoms with E-state index < -0.39 is 0 Å². The van der Waals surface area contributed by atoms with Crippen molar-refractivity contribution in [3.05, 3.63) is 11.7 Å². The highest BCUT2D eigenvalue weighted by atomic mass is 16.5. The van der Waals surface area contributed by atoms with Gasteiger partial charge in [0.25, 0.3) is 0 Å². The van der Waals surface area contributed by atoms with Gasteiger partial charge in [-0.15, -0.1) is 0 Å². The predicted molar refractivity (Wildman–Crippen MR) is 58.1 cm³/mol. The first-order valence-electron chi connectivity index (χ1n) is 5.46. The molecule has 1 heterocycles. The van der Waals surface area contributed by atoms with Crippen molar-refractivity contribution in [3.63, 3.8) is 0 Å². The molecule has 0 radical (unpaired) electrons. The van der Waals surface area contributed by atoms with E-state index in [4.69, 9.17) is 14.7 Å². The Bertz CT molecular complexity index is 347. The summed E-state index contributed by atoms with van der Waals surface area (Å²) < 4.78 is 4.88. The molecule has 0 saturated carbocycles. The van der Waals surface area contributed by atoms with Gasteiger partial charge in [-0.05, 0) is 6.92 Å². The van der Waals surface area contributed by atoms with Crippen molar-refractivity contribution in [2.24, 2.45) is 0 Å². The van der Waals surface area contributed by atoms with Crippen molar-refractivity contribution in [1.29, 1.82) is 0 Å². The van der Waals surface area contributed by atoms with Crippen LogP contribution in [0.25, 0.3) is 0 Å². The lowest BCUT2D eigenvalue weighted by Gasteiger charge is -2.20. The Hall–Kier alpha value is -1.47. The monoisotopic (exact) mass is 243 g/mol. The third-order valence-electron chi connectivity index (χ3n) is 2.21. The van der Waals surface area contributed by atoms with Crippen LogP contribution in [0.15, 0.2) is 4.52 Å². The van der Waals surface area contributed by atoms with E-state index in [1.807, 2.05) is 0 Å². The largest absolute Gasteiger partial charge is 0.395 e. The van der Waals surface area contributed by atoms with Crippen LogP contribution in [0.5, 0.6) is 0 Å². The summed E-state index contributed by atoms with van der Waals surface area (Å²) in [6, 6.07) is 0. The van der Waals surface area contributed by atoms with Crippen LogP contribution in [0.2, 0.25) is 0 Å². The summed E-state index contributed by atoms with van der Waals surface area (Å²) in [5.41, 5.74) is 0. The van der Waals surface area contributed by atoms with Crippen molar-refractivity contribution in [2.75, 3.05) is 26.3 Å². The average molecular weight is 243 g/mol. The summed E-state index contributed by atoms with van der Waals surface area (Å²) in [4.78, 5) is 17.1. The summed E-state index contributed by atoms with van der Waals surface area (Å²) in [5, 5.41) is 21.2. The maximum Gasteiger partial charge on any atom is 0.227 e. The van der Waals surface area contributed by atoms with Gasteiger partial charge < -0.3 is 19.6 Å². The van der Waals surface area contributed by atoms with Gasteiger partial charge in [-0.2, -0.15) is 4.98 Å². The number of carbonyl (C=O) groups excluding carboxylic acids is 1. The van der Waals surface area contributed by atoms with E-state index >= 15 is 0 Å². The number of nitrogens with zero attached hydrogens (tertiary/aromatic N) is 3. The van der Waals surface area contributed by atoms with E-state index in [0.717, 1.165) is 0 Å². The Kier molecular flexibility index (Phi) is 5.58. The molecule has 0 aliphatic carbocycles. The molecule has 0 fully saturated rings. The number of hydrogen-bond donors (Lipinski definition) is 2. The molecule has 0 atom stereocenters. The number of aryl methyl sites for hydroxylation is 2. The van der Waals surface area contributed by atoms with Gasteiger partial charge in [0.15, 0.2) is 5.82 Å². The molecule has 0 unspecified atom stereocenters. The summed E-state index contributed by atoms with van der Waals surface area (Å²) in [5.74, 6) is 0.808. The molecule has 1 aromatic heterocycles. The van der Waals surface area contributed by atoms with Crippen LogP contribution in [0.1, 0.15) is 18.1 Å². The van der Waals surface area contributed by atoms with Crippen LogP contribution >= 0.6 is 0 Å². The van der Waals surface area contributed by atoms with Crippen molar-refractivity contribution >= 4 is 5.91 Å². The third kappa shape index (κ3) is 4.49. The minimum Gasteiger partial charge on any atom is -0.395 e. The van der Waals surface area contributed by atoms with Crippen molar-refractivity contribution in [3.8, 4) is 0 Å². The number of aliphatic hydroxyl groups is 2. The maximum atomic E-state index is 11.7. The van der Waals surface area contributed by atoms with Gasteiger partial charge in [-0.3, -0.25) is 4.79 Å². The quantitative estimate of drug-likeness (QED) is 0.645. The molecule has 0 aliphatic heterocycles. The first kappa shape index (κ1) is 13.6. The molecule has 1 rings (SSSR count). The topological polar surface area (TPSA) is 99.7 Å². The lowest BCUT2D eigenvalue weighted by Crippen LogP contribution is -2.36. The van der Waals surface area contributed by atoms with Gasteiger partial charge in [0, 0.05) is 25.9 Å². The van der Waals surface area contributed by atoms with Gasteiger partial charge in [0.1, 0.15) is 0 Å². The van der Waals surface area contributed by atoms with E-state index in [0.29, 0.717) is 18.1 Å². The van der Waals surface area contributed by atoms with Crippen LogP contribution in [-0.2, 0) is 11.2 Å². The molecule has 17 heavy (non-hydrogen) atoms. The molecule has 0 spiro atoms. The van der Waals surface area contributed by atoms with Gasteiger partial charge >= 0.3 is 0 Å². The van der Waals surface area contributed by atoms with Gasteiger partial charge in [-0.25, -0.2) is 0 Å². The van der Waals surface area contributed by atoms with Crippen molar-refractivity contribution in [1.82, 2.24) is 15.0 Å². The normalized spacial score (nSPS) is 10.5.